The second kappa shape index (κ2) is 8.08. The minimum absolute atomic E-state index is 0.0476. The van der Waals surface area contributed by atoms with E-state index in [0.717, 1.165) is 0 Å². The molecule has 1 aromatic rings. The van der Waals surface area contributed by atoms with Gasteiger partial charge >= 0.3 is 5.97 Å². The Labute approximate surface area is 132 Å². The van der Waals surface area contributed by atoms with Gasteiger partial charge in [0.25, 0.3) is 5.91 Å². The Morgan fingerprint density at radius 3 is 2.65 bits per heavy atom. The van der Waals surface area contributed by atoms with Crippen molar-refractivity contribution in [3.8, 4) is 5.75 Å². The van der Waals surface area contributed by atoms with E-state index in [0.29, 0.717) is 11.3 Å². The van der Waals surface area contributed by atoms with Crippen molar-refractivity contribution >= 4 is 34.5 Å². The summed E-state index contributed by atoms with van der Waals surface area (Å²) in [6.07, 6.45) is 0.0476. The first-order chi connectivity index (χ1) is 9.43. The van der Waals surface area contributed by atoms with Gasteiger partial charge in [0.05, 0.1) is 13.2 Å². The van der Waals surface area contributed by atoms with Crippen molar-refractivity contribution in [3.05, 3.63) is 29.8 Å². The lowest BCUT2D eigenvalue weighted by molar-refractivity contribution is -0.139. The first-order valence-electron chi connectivity index (χ1n) is 6.21. The third-order valence-electron chi connectivity index (χ3n) is 2.37. The highest BCUT2D eigenvalue weighted by molar-refractivity contribution is 14.1. The fourth-order valence-electron chi connectivity index (χ4n) is 1.48. The number of hydrogen-bond donors (Lipinski definition) is 1. The van der Waals surface area contributed by atoms with E-state index in [1.165, 1.54) is 7.11 Å². The van der Waals surface area contributed by atoms with Crippen molar-refractivity contribution in [2.45, 2.75) is 23.9 Å². The molecule has 1 amide bonds. The average Bonchev–Trinajstić information content (AvgIpc) is 2.43. The number of ether oxygens (including phenoxy) is 2. The highest BCUT2D eigenvalue weighted by atomic mass is 127. The largest absolute Gasteiger partial charge is 0.491 e. The molecule has 1 atom stereocenters. The molecule has 6 heteroatoms. The second-order valence-electron chi connectivity index (χ2n) is 4.40. The quantitative estimate of drug-likeness (QED) is 0.459. The van der Waals surface area contributed by atoms with Crippen LogP contribution < -0.4 is 10.1 Å². The first kappa shape index (κ1) is 16.7. The number of nitrogens with one attached hydrogen (secondary N) is 1. The predicted molar refractivity (Wildman–Crippen MR) is 84.4 cm³/mol. The zero-order chi connectivity index (χ0) is 15.1. The number of carbonyl (C=O) groups is 2. The molecule has 20 heavy (non-hydrogen) atoms. The van der Waals surface area contributed by atoms with Crippen LogP contribution in [0.25, 0.3) is 0 Å². The maximum Gasteiger partial charge on any atom is 0.320 e. The van der Waals surface area contributed by atoms with Crippen molar-refractivity contribution in [1.82, 2.24) is 5.32 Å². The van der Waals surface area contributed by atoms with Gasteiger partial charge in [-0.1, -0.05) is 28.7 Å². The van der Waals surface area contributed by atoms with Gasteiger partial charge in [-0.05, 0) is 32.0 Å². The lowest BCUT2D eigenvalue weighted by atomic mass is 10.2. The normalized spacial score (nSPS) is 11.8. The van der Waals surface area contributed by atoms with Gasteiger partial charge in [0, 0.05) is 12.1 Å². The topological polar surface area (TPSA) is 64.6 Å². The molecular weight excluding hydrogens is 373 g/mol. The Balaban J connectivity index is 2.61. The van der Waals surface area contributed by atoms with Gasteiger partial charge in [0.15, 0.2) is 0 Å². The molecule has 1 unspecified atom stereocenters. The summed E-state index contributed by atoms with van der Waals surface area (Å²) < 4.78 is 9.72. The summed E-state index contributed by atoms with van der Waals surface area (Å²) in [4.78, 5) is 23.2. The molecule has 5 nitrogen and oxygen atoms in total. The van der Waals surface area contributed by atoms with E-state index < -0.39 is 3.92 Å². The molecule has 0 aliphatic carbocycles. The number of amides is 1. The first-order valence-corrected chi connectivity index (χ1v) is 7.45. The van der Waals surface area contributed by atoms with Crippen LogP contribution in [0.4, 0.5) is 0 Å². The van der Waals surface area contributed by atoms with Crippen LogP contribution in [0.1, 0.15) is 24.2 Å². The predicted octanol–water partition coefficient (Wildman–Crippen LogP) is 2.18. The fourth-order valence-corrected chi connectivity index (χ4v) is 1.95. The Kier molecular flexibility index (Phi) is 6.77. The number of carbonyl (C=O) groups excluding carboxylic acids is 2. The van der Waals surface area contributed by atoms with Crippen molar-refractivity contribution < 1.29 is 19.1 Å². The summed E-state index contributed by atoms with van der Waals surface area (Å²) in [5.74, 6) is 0.0409. The molecule has 0 bridgehead atoms. The number of esters is 1. The van der Waals surface area contributed by atoms with Crippen molar-refractivity contribution in [2.24, 2.45) is 0 Å². The third kappa shape index (κ3) is 5.36. The lowest BCUT2D eigenvalue weighted by Gasteiger charge is -2.12. The van der Waals surface area contributed by atoms with Crippen LogP contribution in [0.2, 0.25) is 0 Å². The maximum absolute atomic E-state index is 12.0. The summed E-state index contributed by atoms with van der Waals surface area (Å²) in [6, 6.07) is 6.93. The molecule has 0 heterocycles. The summed E-state index contributed by atoms with van der Waals surface area (Å²) in [7, 11) is 1.32. The number of benzene rings is 1. The van der Waals surface area contributed by atoms with Gasteiger partial charge in [-0.25, -0.2) is 0 Å². The zero-order valence-electron chi connectivity index (χ0n) is 11.7. The van der Waals surface area contributed by atoms with Gasteiger partial charge in [-0.2, -0.15) is 0 Å². The summed E-state index contributed by atoms with van der Waals surface area (Å²) in [5.41, 5.74) is 0.497. The highest BCUT2D eigenvalue weighted by Gasteiger charge is 2.16. The third-order valence-corrected chi connectivity index (χ3v) is 3.32. The van der Waals surface area contributed by atoms with E-state index in [9.17, 15) is 9.59 Å². The van der Waals surface area contributed by atoms with E-state index in [2.05, 4.69) is 10.1 Å². The van der Waals surface area contributed by atoms with E-state index in [4.69, 9.17) is 4.74 Å². The monoisotopic (exact) mass is 391 g/mol. The molecule has 0 spiro atoms. The van der Waals surface area contributed by atoms with Gasteiger partial charge in [0.1, 0.15) is 9.67 Å². The van der Waals surface area contributed by atoms with Crippen LogP contribution in [0, 0.1) is 0 Å². The van der Waals surface area contributed by atoms with Crippen LogP contribution in [0.15, 0.2) is 24.3 Å². The van der Waals surface area contributed by atoms with Crippen LogP contribution >= 0.6 is 22.6 Å². The molecule has 1 rings (SSSR count). The minimum Gasteiger partial charge on any atom is -0.491 e. The molecule has 0 aliphatic rings. The van der Waals surface area contributed by atoms with Crippen molar-refractivity contribution in [3.63, 3.8) is 0 Å². The molecule has 0 aliphatic heterocycles. The van der Waals surface area contributed by atoms with E-state index in [1.54, 1.807) is 24.3 Å². The minimum atomic E-state index is -0.406. The molecule has 0 fully saturated rings. The molecule has 110 valence electrons. The average molecular weight is 391 g/mol. The van der Waals surface area contributed by atoms with Crippen LogP contribution in [0.3, 0.4) is 0 Å². The molecule has 1 N–H and O–H groups in total. The molecule has 0 saturated heterocycles. The van der Waals surface area contributed by atoms with Crippen molar-refractivity contribution in [1.29, 1.82) is 0 Å². The van der Waals surface area contributed by atoms with Gasteiger partial charge < -0.3 is 14.8 Å². The summed E-state index contributed by atoms with van der Waals surface area (Å²) in [5, 5.41) is 2.69. The molecule has 0 radical (unpaired) electrons. The standard InChI is InChI=1S/C14H18INO4/c1-9(2)20-11-6-4-5-10(7-11)13(17)16-8-12(15)14(18)19-3/h4-7,9,12H,8H2,1-3H3,(H,16,17). The molecule has 0 aromatic heterocycles. The van der Waals surface area contributed by atoms with Crippen LogP contribution in [0.5, 0.6) is 5.75 Å². The van der Waals surface area contributed by atoms with Gasteiger partial charge in [0.2, 0.25) is 0 Å². The molecule has 1 aromatic carbocycles. The highest BCUT2D eigenvalue weighted by Crippen LogP contribution is 2.15. The van der Waals surface area contributed by atoms with Gasteiger partial charge in [-0.15, -0.1) is 0 Å². The summed E-state index contributed by atoms with van der Waals surface area (Å²) >= 11 is 1.93. The van der Waals surface area contributed by atoms with Gasteiger partial charge in [-0.3, -0.25) is 9.59 Å². The Morgan fingerprint density at radius 1 is 1.35 bits per heavy atom. The Bertz CT molecular complexity index is 476. The van der Waals surface area contributed by atoms with Crippen LogP contribution in [-0.2, 0) is 9.53 Å². The summed E-state index contributed by atoms with van der Waals surface area (Å²) in [6.45, 7) is 4.06. The second-order valence-corrected chi connectivity index (χ2v) is 5.90. The maximum atomic E-state index is 12.0. The van der Waals surface area contributed by atoms with E-state index >= 15 is 0 Å². The number of methoxy groups -OCH3 is 1. The Hall–Kier alpha value is -1.31. The zero-order valence-corrected chi connectivity index (χ0v) is 13.8. The number of rotatable bonds is 6. The smallest absolute Gasteiger partial charge is 0.320 e. The Morgan fingerprint density at radius 2 is 2.05 bits per heavy atom. The SMILES string of the molecule is COC(=O)C(I)CNC(=O)c1cccc(OC(C)C)c1. The number of alkyl halides is 1. The fraction of sp³-hybridized carbons (Fsp3) is 0.429. The lowest BCUT2D eigenvalue weighted by Crippen LogP contribution is -2.33. The van der Waals surface area contributed by atoms with E-state index in [-0.39, 0.29) is 24.5 Å². The molecule has 0 saturated carbocycles. The van der Waals surface area contributed by atoms with Crippen molar-refractivity contribution in [2.75, 3.05) is 13.7 Å². The number of halogens is 1. The number of hydrogen-bond acceptors (Lipinski definition) is 4. The van der Waals surface area contributed by atoms with E-state index in [1.807, 2.05) is 36.4 Å². The van der Waals surface area contributed by atoms with Crippen LogP contribution in [-0.4, -0.2) is 35.6 Å². The molecular formula is C14H18INO4.